The molecular formula is C14H13NO2. The van der Waals surface area contributed by atoms with Crippen LogP contribution in [0.5, 0.6) is 0 Å². The first-order valence-corrected chi connectivity index (χ1v) is 5.44. The number of nitrogens with zero attached hydrogens (tertiary/aromatic N) is 1. The van der Waals surface area contributed by atoms with Gasteiger partial charge in [-0.3, -0.25) is 10.1 Å². The van der Waals surface area contributed by atoms with E-state index in [1.807, 2.05) is 36.4 Å². The average molecular weight is 227 g/mol. The summed E-state index contributed by atoms with van der Waals surface area (Å²) in [4.78, 5) is 10.5. The summed E-state index contributed by atoms with van der Waals surface area (Å²) < 4.78 is 0. The summed E-state index contributed by atoms with van der Waals surface area (Å²) in [5.41, 5.74) is 3.02. The molecule has 0 unspecified atom stereocenters. The Morgan fingerprint density at radius 1 is 1.06 bits per heavy atom. The first-order chi connectivity index (χ1) is 8.16. The predicted octanol–water partition coefficient (Wildman–Crippen LogP) is 3.49. The second kappa shape index (κ2) is 4.78. The molecule has 0 aromatic heterocycles. The van der Waals surface area contributed by atoms with Crippen molar-refractivity contribution < 1.29 is 4.92 Å². The number of nitro benzene ring substituents is 1. The van der Waals surface area contributed by atoms with Crippen molar-refractivity contribution in [3.8, 4) is 0 Å². The monoisotopic (exact) mass is 227 g/mol. The summed E-state index contributed by atoms with van der Waals surface area (Å²) >= 11 is 0. The minimum absolute atomic E-state index is 0.193. The molecule has 0 radical (unpaired) electrons. The molecular weight excluding hydrogens is 214 g/mol. The summed E-state index contributed by atoms with van der Waals surface area (Å²) in [6.45, 7) is 1.75. The van der Waals surface area contributed by atoms with Crippen molar-refractivity contribution in [3.63, 3.8) is 0 Å². The van der Waals surface area contributed by atoms with Crippen LogP contribution in [0.15, 0.2) is 48.5 Å². The van der Waals surface area contributed by atoms with E-state index in [9.17, 15) is 10.1 Å². The van der Waals surface area contributed by atoms with Crippen LogP contribution >= 0.6 is 0 Å². The third-order valence-corrected chi connectivity index (χ3v) is 2.72. The number of nitro groups is 1. The molecule has 17 heavy (non-hydrogen) atoms. The highest BCUT2D eigenvalue weighted by atomic mass is 16.6. The van der Waals surface area contributed by atoms with E-state index in [1.54, 1.807) is 19.1 Å². The number of aryl methyl sites for hydroxylation is 1. The van der Waals surface area contributed by atoms with Gasteiger partial charge in [0.15, 0.2) is 0 Å². The van der Waals surface area contributed by atoms with Crippen molar-refractivity contribution in [2.75, 3.05) is 0 Å². The van der Waals surface area contributed by atoms with E-state index < -0.39 is 0 Å². The van der Waals surface area contributed by atoms with Gasteiger partial charge >= 0.3 is 0 Å². The van der Waals surface area contributed by atoms with E-state index in [-0.39, 0.29) is 10.6 Å². The Kier molecular flexibility index (Phi) is 3.19. The molecule has 0 spiro atoms. The molecule has 0 aliphatic heterocycles. The summed E-state index contributed by atoms with van der Waals surface area (Å²) in [5.74, 6) is 0. The summed E-state index contributed by atoms with van der Waals surface area (Å²) in [6.07, 6.45) is 0.724. The maximum absolute atomic E-state index is 10.8. The van der Waals surface area contributed by atoms with Gasteiger partial charge in [-0.25, -0.2) is 0 Å². The molecule has 0 N–H and O–H groups in total. The smallest absolute Gasteiger partial charge is 0.258 e. The molecule has 0 amide bonds. The summed E-state index contributed by atoms with van der Waals surface area (Å²) in [5, 5.41) is 10.8. The lowest BCUT2D eigenvalue weighted by molar-refractivity contribution is -0.385. The van der Waals surface area contributed by atoms with Crippen LogP contribution < -0.4 is 0 Å². The van der Waals surface area contributed by atoms with Crippen LogP contribution in [0.25, 0.3) is 0 Å². The lowest BCUT2D eigenvalue weighted by Gasteiger charge is -2.03. The lowest BCUT2D eigenvalue weighted by atomic mass is 10.0. The maximum atomic E-state index is 10.8. The molecule has 2 rings (SSSR count). The first kappa shape index (κ1) is 11.3. The van der Waals surface area contributed by atoms with Gasteiger partial charge < -0.3 is 0 Å². The number of benzene rings is 2. The fourth-order valence-corrected chi connectivity index (χ4v) is 1.79. The number of rotatable bonds is 3. The SMILES string of the molecule is Cc1ccc(Cc2ccccc2)cc1[N+](=O)[O-]. The molecule has 0 heterocycles. The van der Waals surface area contributed by atoms with Crippen LogP contribution in [0, 0.1) is 17.0 Å². The highest BCUT2D eigenvalue weighted by molar-refractivity contribution is 5.43. The molecule has 2 aromatic carbocycles. The molecule has 0 bridgehead atoms. The maximum Gasteiger partial charge on any atom is 0.272 e. The lowest BCUT2D eigenvalue weighted by Crippen LogP contribution is -1.94. The quantitative estimate of drug-likeness (QED) is 0.595. The second-order valence-electron chi connectivity index (χ2n) is 4.04. The van der Waals surface area contributed by atoms with Crippen molar-refractivity contribution in [3.05, 3.63) is 75.3 Å². The van der Waals surface area contributed by atoms with Gasteiger partial charge in [0.1, 0.15) is 0 Å². The summed E-state index contributed by atoms with van der Waals surface area (Å²) in [7, 11) is 0. The van der Waals surface area contributed by atoms with Crippen molar-refractivity contribution in [2.45, 2.75) is 13.3 Å². The summed E-state index contributed by atoms with van der Waals surface area (Å²) in [6, 6.07) is 15.3. The molecule has 0 saturated carbocycles. The molecule has 86 valence electrons. The Morgan fingerprint density at radius 2 is 1.76 bits per heavy atom. The Balaban J connectivity index is 2.29. The van der Waals surface area contributed by atoms with Gasteiger partial charge in [0, 0.05) is 11.6 Å². The number of hydrogen-bond acceptors (Lipinski definition) is 2. The zero-order valence-electron chi connectivity index (χ0n) is 9.59. The van der Waals surface area contributed by atoms with Crippen LogP contribution in [0.2, 0.25) is 0 Å². The zero-order chi connectivity index (χ0) is 12.3. The van der Waals surface area contributed by atoms with E-state index >= 15 is 0 Å². The standard InChI is InChI=1S/C14H13NO2/c1-11-7-8-13(10-14(11)15(16)17)9-12-5-3-2-4-6-12/h2-8,10H,9H2,1H3. The minimum atomic E-state index is -0.330. The predicted molar refractivity (Wildman–Crippen MR) is 67.1 cm³/mol. The fourth-order valence-electron chi connectivity index (χ4n) is 1.79. The van der Waals surface area contributed by atoms with Gasteiger partial charge in [-0.15, -0.1) is 0 Å². The molecule has 0 aliphatic carbocycles. The molecule has 0 saturated heterocycles. The topological polar surface area (TPSA) is 43.1 Å². The van der Waals surface area contributed by atoms with Gasteiger partial charge in [0.2, 0.25) is 0 Å². The van der Waals surface area contributed by atoms with Crippen LogP contribution in [0.1, 0.15) is 16.7 Å². The Hall–Kier alpha value is -2.16. The van der Waals surface area contributed by atoms with Crippen LogP contribution in [0.3, 0.4) is 0 Å². The van der Waals surface area contributed by atoms with Gasteiger partial charge in [0.25, 0.3) is 5.69 Å². The largest absolute Gasteiger partial charge is 0.272 e. The Labute approximate surface area is 99.9 Å². The molecule has 3 heteroatoms. The minimum Gasteiger partial charge on any atom is -0.258 e. The molecule has 0 aliphatic rings. The van der Waals surface area contributed by atoms with E-state index in [1.165, 1.54) is 0 Å². The van der Waals surface area contributed by atoms with Crippen LogP contribution in [0.4, 0.5) is 5.69 Å². The molecule has 0 fully saturated rings. The zero-order valence-corrected chi connectivity index (χ0v) is 9.59. The van der Waals surface area contributed by atoms with Crippen molar-refractivity contribution >= 4 is 5.69 Å². The highest BCUT2D eigenvalue weighted by Gasteiger charge is 2.10. The molecule has 2 aromatic rings. The van der Waals surface area contributed by atoms with Crippen LogP contribution in [-0.2, 0) is 6.42 Å². The van der Waals surface area contributed by atoms with Gasteiger partial charge in [0.05, 0.1) is 4.92 Å². The third kappa shape index (κ3) is 2.69. The van der Waals surface area contributed by atoms with E-state index in [0.29, 0.717) is 5.56 Å². The van der Waals surface area contributed by atoms with E-state index in [0.717, 1.165) is 17.5 Å². The third-order valence-electron chi connectivity index (χ3n) is 2.72. The molecule has 3 nitrogen and oxygen atoms in total. The number of hydrogen-bond donors (Lipinski definition) is 0. The fraction of sp³-hybridized carbons (Fsp3) is 0.143. The van der Waals surface area contributed by atoms with Gasteiger partial charge in [-0.2, -0.15) is 0 Å². The Morgan fingerprint density at radius 3 is 2.41 bits per heavy atom. The van der Waals surface area contributed by atoms with E-state index in [4.69, 9.17) is 0 Å². The highest BCUT2D eigenvalue weighted by Crippen LogP contribution is 2.20. The average Bonchev–Trinajstić information content (AvgIpc) is 2.32. The second-order valence-corrected chi connectivity index (χ2v) is 4.04. The normalized spacial score (nSPS) is 10.2. The Bertz CT molecular complexity index is 535. The van der Waals surface area contributed by atoms with Crippen LogP contribution in [-0.4, -0.2) is 4.92 Å². The van der Waals surface area contributed by atoms with Gasteiger partial charge in [-0.05, 0) is 24.5 Å². The van der Waals surface area contributed by atoms with Crippen molar-refractivity contribution in [1.82, 2.24) is 0 Å². The molecule has 0 atom stereocenters. The van der Waals surface area contributed by atoms with E-state index in [2.05, 4.69) is 0 Å². The van der Waals surface area contributed by atoms with Crippen molar-refractivity contribution in [1.29, 1.82) is 0 Å². The van der Waals surface area contributed by atoms with Gasteiger partial charge in [-0.1, -0.05) is 42.5 Å². The first-order valence-electron chi connectivity index (χ1n) is 5.44. The van der Waals surface area contributed by atoms with Crippen molar-refractivity contribution in [2.24, 2.45) is 0 Å².